The van der Waals surface area contributed by atoms with E-state index in [4.69, 9.17) is 16.7 Å². The molecular weight excluding hydrogens is 296 g/mol. The summed E-state index contributed by atoms with van der Waals surface area (Å²) in [6.45, 7) is 1.95. The van der Waals surface area contributed by atoms with Crippen molar-refractivity contribution < 1.29 is 9.90 Å². The van der Waals surface area contributed by atoms with Gasteiger partial charge in [0.25, 0.3) is 0 Å². The summed E-state index contributed by atoms with van der Waals surface area (Å²) in [5.41, 5.74) is 2.59. The first-order chi connectivity index (χ1) is 9.54. The highest BCUT2D eigenvalue weighted by Gasteiger charge is 2.32. The number of carbonyl (C=O) groups is 1. The average Bonchev–Trinajstić information content (AvgIpc) is 2.93. The Morgan fingerprint density at radius 3 is 3.05 bits per heavy atom. The summed E-state index contributed by atoms with van der Waals surface area (Å²) >= 11 is 7.60. The molecule has 1 heterocycles. The van der Waals surface area contributed by atoms with Crippen LogP contribution in [0.2, 0.25) is 5.02 Å². The molecule has 1 atom stereocenters. The number of hydrogen-bond acceptors (Lipinski definition) is 4. The fourth-order valence-electron chi connectivity index (χ4n) is 2.32. The Hall–Kier alpha value is -1.59. The van der Waals surface area contributed by atoms with Crippen molar-refractivity contribution in [2.75, 3.05) is 5.32 Å². The lowest BCUT2D eigenvalue weighted by Crippen LogP contribution is -2.08. The number of carboxylic acids is 1. The Morgan fingerprint density at radius 2 is 2.35 bits per heavy atom. The number of anilines is 2. The molecular formula is C14H13ClN2O2S. The van der Waals surface area contributed by atoms with Gasteiger partial charge in [-0.2, -0.15) is 0 Å². The number of carboxylic acid groups (broad SMARTS) is 1. The Morgan fingerprint density at radius 1 is 1.55 bits per heavy atom. The van der Waals surface area contributed by atoms with Crippen LogP contribution < -0.4 is 5.32 Å². The Bertz CT molecular complexity index is 684. The van der Waals surface area contributed by atoms with Crippen LogP contribution in [0.15, 0.2) is 18.2 Å². The van der Waals surface area contributed by atoms with Gasteiger partial charge in [-0.3, -0.25) is 4.79 Å². The molecule has 4 nitrogen and oxygen atoms in total. The quantitative estimate of drug-likeness (QED) is 0.901. The number of nitrogens with one attached hydrogen (secondary N) is 1. The molecule has 2 N–H and O–H groups in total. The number of aromatic nitrogens is 1. The SMILES string of the molecule is Cc1ccc(Nc2nc3c(s2)CCC3C(=O)O)cc1Cl. The number of fused-ring (bicyclic) bond motifs is 1. The van der Waals surface area contributed by atoms with Gasteiger partial charge in [0.05, 0.1) is 5.69 Å². The normalized spacial score (nSPS) is 17.0. The van der Waals surface area contributed by atoms with Gasteiger partial charge in [0, 0.05) is 15.6 Å². The van der Waals surface area contributed by atoms with E-state index in [9.17, 15) is 4.79 Å². The molecule has 1 aromatic carbocycles. The third-order valence-corrected chi connectivity index (χ3v) is 4.89. The number of thiazole rings is 1. The molecule has 2 aromatic rings. The zero-order valence-corrected chi connectivity index (χ0v) is 12.4. The summed E-state index contributed by atoms with van der Waals surface area (Å²) < 4.78 is 0. The smallest absolute Gasteiger partial charge is 0.312 e. The number of benzene rings is 1. The minimum atomic E-state index is -0.793. The van der Waals surface area contributed by atoms with Gasteiger partial charge in [-0.05, 0) is 37.5 Å². The second-order valence-electron chi connectivity index (χ2n) is 4.85. The number of aryl methyl sites for hydroxylation is 2. The van der Waals surface area contributed by atoms with Crippen molar-refractivity contribution in [3.63, 3.8) is 0 Å². The van der Waals surface area contributed by atoms with Crippen molar-refractivity contribution in [3.05, 3.63) is 39.4 Å². The lowest BCUT2D eigenvalue weighted by atomic mass is 10.1. The summed E-state index contributed by atoms with van der Waals surface area (Å²) in [5.74, 6) is -1.25. The fraction of sp³-hybridized carbons (Fsp3) is 0.286. The first-order valence-corrected chi connectivity index (χ1v) is 7.49. The topological polar surface area (TPSA) is 62.2 Å². The highest BCUT2D eigenvalue weighted by molar-refractivity contribution is 7.15. The largest absolute Gasteiger partial charge is 0.481 e. The maximum Gasteiger partial charge on any atom is 0.312 e. The van der Waals surface area contributed by atoms with Crippen molar-refractivity contribution in [1.82, 2.24) is 4.98 Å². The molecule has 3 rings (SSSR count). The van der Waals surface area contributed by atoms with Gasteiger partial charge in [0.2, 0.25) is 0 Å². The zero-order valence-electron chi connectivity index (χ0n) is 10.8. The van der Waals surface area contributed by atoms with E-state index in [2.05, 4.69) is 10.3 Å². The molecule has 0 bridgehead atoms. The van der Waals surface area contributed by atoms with Crippen LogP contribution in [0.25, 0.3) is 0 Å². The number of rotatable bonds is 3. The second-order valence-corrected chi connectivity index (χ2v) is 6.34. The maximum atomic E-state index is 11.1. The van der Waals surface area contributed by atoms with E-state index in [1.165, 1.54) is 11.3 Å². The van der Waals surface area contributed by atoms with Crippen LogP contribution in [0.5, 0.6) is 0 Å². The maximum absolute atomic E-state index is 11.1. The molecule has 0 spiro atoms. The van der Waals surface area contributed by atoms with E-state index in [0.29, 0.717) is 17.1 Å². The molecule has 6 heteroatoms. The molecule has 0 fully saturated rings. The third kappa shape index (κ3) is 2.39. The van der Waals surface area contributed by atoms with Gasteiger partial charge in [0.1, 0.15) is 5.92 Å². The van der Waals surface area contributed by atoms with Crippen LogP contribution in [0.1, 0.15) is 28.5 Å². The summed E-state index contributed by atoms with van der Waals surface area (Å²) in [6, 6.07) is 5.71. The number of nitrogens with zero attached hydrogens (tertiary/aromatic N) is 1. The van der Waals surface area contributed by atoms with Crippen LogP contribution in [-0.2, 0) is 11.2 Å². The first kappa shape index (κ1) is 13.4. The van der Waals surface area contributed by atoms with Gasteiger partial charge < -0.3 is 10.4 Å². The molecule has 0 radical (unpaired) electrons. The van der Waals surface area contributed by atoms with E-state index < -0.39 is 11.9 Å². The number of aliphatic carboxylic acids is 1. The molecule has 0 saturated heterocycles. The number of hydrogen-bond donors (Lipinski definition) is 2. The Kier molecular flexibility index (Phi) is 3.40. The summed E-state index contributed by atoms with van der Waals surface area (Å²) in [7, 11) is 0. The van der Waals surface area contributed by atoms with Crippen LogP contribution in [0.4, 0.5) is 10.8 Å². The van der Waals surface area contributed by atoms with E-state index in [1.54, 1.807) is 0 Å². The van der Waals surface area contributed by atoms with Gasteiger partial charge in [0.15, 0.2) is 5.13 Å². The molecule has 1 aromatic heterocycles. The highest BCUT2D eigenvalue weighted by Crippen LogP contribution is 2.39. The van der Waals surface area contributed by atoms with Crippen molar-refractivity contribution in [1.29, 1.82) is 0 Å². The van der Waals surface area contributed by atoms with Gasteiger partial charge in [-0.1, -0.05) is 17.7 Å². The van der Waals surface area contributed by atoms with Gasteiger partial charge in [-0.25, -0.2) is 4.98 Å². The van der Waals surface area contributed by atoms with Crippen molar-refractivity contribution in [3.8, 4) is 0 Å². The standard InChI is InChI=1S/C14H13ClN2O2S/c1-7-2-3-8(6-10(7)15)16-14-17-12-9(13(18)19)4-5-11(12)20-14/h2-3,6,9H,4-5H2,1H3,(H,16,17)(H,18,19). The van der Waals surface area contributed by atoms with Crippen LogP contribution >= 0.6 is 22.9 Å². The number of halogens is 1. The predicted molar refractivity (Wildman–Crippen MR) is 80.3 cm³/mol. The lowest BCUT2D eigenvalue weighted by molar-refractivity contribution is -0.138. The monoisotopic (exact) mass is 308 g/mol. The Labute approximate surface area is 125 Å². The second kappa shape index (κ2) is 5.07. The molecule has 20 heavy (non-hydrogen) atoms. The molecule has 1 aliphatic carbocycles. The summed E-state index contributed by atoms with van der Waals surface area (Å²) in [6.07, 6.45) is 1.44. The molecule has 104 valence electrons. The van der Waals surface area contributed by atoms with Crippen molar-refractivity contribution in [2.24, 2.45) is 0 Å². The fourth-order valence-corrected chi connectivity index (χ4v) is 3.55. The molecule has 1 unspecified atom stereocenters. The average molecular weight is 309 g/mol. The van der Waals surface area contributed by atoms with E-state index in [0.717, 1.165) is 27.7 Å². The van der Waals surface area contributed by atoms with Crippen LogP contribution in [-0.4, -0.2) is 16.1 Å². The van der Waals surface area contributed by atoms with Gasteiger partial charge >= 0.3 is 5.97 Å². The molecule has 1 aliphatic rings. The molecule has 0 amide bonds. The van der Waals surface area contributed by atoms with Gasteiger partial charge in [-0.15, -0.1) is 11.3 Å². The zero-order chi connectivity index (χ0) is 14.3. The minimum absolute atomic E-state index is 0.460. The first-order valence-electron chi connectivity index (χ1n) is 6.30. The lowest BCUT2D eigenvalue weighted by Gasteiger charge is -2.05. The van der Waals surface area contributed by atoms with E-state index >= 15 is 0 Å². The third-order valence-electron chi connectivity index (χ3n) is 3.44. The molecule has 0 saturated carbocycles. The predicted octanol–water partition coefficient (Wildman–Crippen LogP) is 3.96. The minimum Gasteiger partial charge on any atom is -0.481 e. The Balaban J connectivity index is 1.84. The van der Waals surface area contributed by atoms with E-state index in [1.807, 2.05) is 25.1 Å². The molecule has 0 aliphatic heterocycles. The summed E-state index contributed by atoms with van der Waals surface area (Å²) in [4.78, 5) is 16.6. The van der Waals surface area contributed by atoms with Crippen molar-refractivity contribution in [2.45, 2.75) is 25.7 Å². The van der Waals surface area contributed by atoms with E-state index in [-0.39, 0.29) is 0 Å². The summed E-state index contributed by atoms with van der Waals surface area (Å²) in [5, 5.41) is 13.8. The highest BCUT2D eigenvalue weighted by atomic mass is 35.5. The van der Waals surface area contributed by atoms with Crippen molar-refractivity contribution >= 4 is 39.7 Å². The van der Waals surface area contributed by atoms with Crippen LogP contribution in [0.3, 0.4) is 0 Å². The van der Waals surface area contributed by atoms with Crippen LogP contribution in [0, 0.1) is 6.92 Å².